The Balaban J connectivity index is 0.000000183. The van der Waals surface area contributed by atoms with Crippen molar-refractivity contribution in [2.24, 2.45) is 0 Å². The minimum Gasteiger partial charge on any atom is -0.0622 e. The van der Waals surface area contributed by atoms with Gasteiger partial charge >= 0.3 is 217 Å². The SMILES string of the molecule is CC(=O)Nc1cc(Cl)c(Br)cc1CBr.CC(=O)Nc1cc(Cl)c(Br)cc1CP(Br)(c1ccccc1)(c1ccccc1)c1ccccc1.c1ccc(P(c2ccccc2)c2ccccc2)cc1. The molecule has 8 aromatic rings. The predicted octanol–water partition coefficient (Wildman–Crippen LogP) is 14.8. The van der Waals surface area contributed by atoms with Gasteiger partial charge in [-0.25, -0.2) is 0 Å². The molecular weight excluding hydrogens is 1160 g/mol. The first-order chi connectivity index (χ1) is 31.8. The molecule has 0 aromatic heterocycles. The van der Waals surface area contributed by atoms with Crippen LogP contribution in [-0.4, -0.2) is 11.8 Å². The quantitative estimate of drug-likeness (QED) is 0.100. The van der Waals surface area contributed by atoms with Gasteiger partial charge in [0.25, 0.3) is 0 Å². The maximum absolute atomic E-state index is 12.1. The molecule has 2 N–H and O–H groups in total. The van der Waals surface area contributed by atoms with Crippen LogP contribution < -0.4 is 42.5 Å². The molecule has 8 rings (SSSR count). The maximum Gasteiger partial charge on any atom is -0.0134 e. The van der Waals surface area contributed by atoms with Crippen LogP contribution in [0.4, 0.5) is 11.4 Å². The summed E-state index contributed by atoms with van der Waals surface area (Å²) in [6.45, 7) is 2.98. The van der Waals surface area contributed by atoms with Crippen LogP contribution in [0.5, 0.6) is 0 Å². The zero-order valence-corrected chi connectivity index (χ0v) is 45.7. The average molecular weight is 1210 g/mol. The first-order valence-corrected chi connectivity index (χ1v) is 30.0. The average Bonchev–Trinajstić information content (AvgIpc) is 3.34. The van der Waals surface area contributed by atoms with E-state index in [0.29, 0.717) is 27.2 Å². The van der Waals surface area contributed by atoms with Crippen LogP contribution in [0.1, 0.15) is 25.0 Å². The topological polar surface area (TPSA) is 58.2 Å². The molecule has 0 aliphatic rings. The van der Waals surface area contributed by atoms with E-state index in [9.17, 15) is 9.59 Å². The van der Waals surface area contributed by atoms with Gasteiger partial charge in [-0.3, -0.25) is 4.79 Å². The number of rotatable bonds is 11. The summed E-state index contributed by atoms with van der Waals surface area (Å²) in [5.74, 6) is -0.241. The number of hydrogen-bond acceptors (Lipinski definition) is 2. The molecular formula is C54H46Br4Cl2N2O2P2. The summed E-state index contributed by atoms with van der Waals surface area (Å²) in [6.07, 6.45) is 0.648. The zero-order valence-electron chi connectivity index (χ0n) is 36.0. The molecule has 4 nitrogen and oxygen atoms in total. The maximum atomic E-state index is 12.1. The number of carbonyl (C=O) groups excluding carboxylic acids is 2. The molecule has 336 valence electrons. The van der Waals surface area contributed by atoms with E-state index in [4.69, 9.17) is 23.2 Å². The molecule has 0 heterocycles. The number of carbonyl (C=O) groups is 2. The fourth-order valence-corrected chi connectivity index (χ4v) is 19.0. The van der Waals surface area contributed by atoms with Crippen LogP contribution in [0.3, 0.4) is 0 Å². The Morgan fingerprint density at radius 1 is 0.485 bits per heavy atom. The summed E-state index contributed by atoms with van der Waals surface area (Å²) in [7, 11) is -0.446. The van der Waals surface area contributed by atoms with Gasteiger partial charge < -0.3 is 5.32 Å². The molecule has 66 heavy (non-hydrogen) atoms. The van der Waals surface area contributed by atoms with Gasteiger partial charge in [0.05, 0.1) is 5.02 Å². The van der Waals surface area contributed by atoms with Crippen LogP contribution >= 0.6 is 99.7 Å². The molecule has 0 saturated carbocycles. The summed E-state index contributed by atoms with van der Waals surface area (Å²) in [5, 5.41) is 12.1. The van der Waals surface area contributed by atoms with Crippen molar-refractivity contribution in [3.05, 3.63) is 236 Å². The molecule has 8 aromatic carbocycles. The Morgan fingerprint density at radius 3 is 1.08 bits per heavy atom. The smallest absolute Gasteiger partial charge is 0.0134 e. The van der Waals surface area contributed by atoms with Crippen molar-refractivity contribution in [1.82, 2.24) is 0 Å². The second-order valence-electron chi connectivity index (χ2n) is 15.0. The minimum absolute atomic E-state index is 0.106. The van der Waals surface area contributed by atoms with Gasteiger partial charge in [0, 0.05) is 22.4 Å². The van der Waals surface area contributed by atoms with Crippen molar-refractivity contribution in [3.63, 3.8) is 0 Å². The number of amides is 2. The summed E-state index contributed by atoms with van der Waals surface area (Å²) in [5.41, 5.74) is 3.43. The molecule has 0 bridgehead atoms. The molecule has 0 saturated heterocycles. The molecule has 0 radical (unpaired) electrons. The van der Waals surface area contributed by atoms with Crippen molar-refractivity contribution in [3.8, 4) is 0 Å². The Bertz CT molecular complexity index is 2660. The van der Waals surface area contributed by atoms with Crippen LogP contribution in [0.25, 0.3) is 0 Å². The van der Waals surface area contributed by atoms with E-state index in [1.807, 2.05) is 36.4 Å². The normalized spacial score (nSPS) is 11.4. The second kappa shape index (κ2) is 24.4. The fourth-order valence-electron chi connectivity index (χ4n) is 7.47. The molecule has 0 atom stereocenters. The van der Waals surface area contributed by atoms with Gasteiger partial charge in [0.15, 0.2) is 0 Å². The first-order valence-electron chi connectivity index (χ1n) is 20.7. The molecule has 0 spiro atoms. The van der Waals surface area contributed by atoms with Crippen LogP contribution in [0.15, 0.2) is 215 Å². The summed E-state index contributed by atoms with van der Waals surface area (Å²) >= 11 is 27.1. The van der Waals surface area contributed by atoms with Crippen molar-refractivity contribution in [2.75, 3.05) is 10.6 Å². The summed E-state index contributed by atoms with van der Waals surface area (Å²) in [6, 6.07) is 71.5. The van der Waals surface area contributed by atoms with Crippen molar-refractivity contribution in [1.29, 1.82) is 0 Å². The monoisotopic (exact) mass is 1200 g/mol. The van der Waals surface area contributed by atoms with E-state index in [0.717, 1.165) is 25.8 Å². The number of halogens is 6. The molecule has 12 heteroatoms. The van der Waals surface area contributed by atoms with E-state index >= 15 is 0 Å². The number of anilines is 2. The van der Waals surface area contributed by atoms with Gasteiger partial charge in [-0.05, 0) is 57.5 Å². The standard InChI is InChI=1S/C27H23Br2ClNOP.C18H15P.C9H8Br2ClNO/c1-20(32)31-27-18-26(30)25(28)17-21(27)19-33(29,22-11-5-2-6-12-22,23-13-7-3-8-14-23)24-15-9-4-10-16-24;1-4-10-16(11-5-1)19(17-12-6-2-7-13-17)18-14-8-3-9-15-18;1-5(14)13-9-3-8(12)7(11)2-6(9)4-10/h2-18H,19H2,1H3,(H,31,32);1-15H;2-3H,4H2,1H3,(H,13,14). The van der Waals surface area contributed by atoms with Gasteiger partial charge in [-0.1, -0.05) is 119 Å². The van der Waals surface area contributed by atoms with Crippen molar-refractivity contribution >= 4 is 155 Å². The molecule has 0 aliphatic carbocycles. The Morgan fingerprint density at radius 2 is 0.773 bits per heavy atom. The van der Waals surface area contributed by atoms with E-state index in [-0.39, 0.29) is 11.8 Å². The van der Waals surface area contributed by atoms with Gasteiger partial charge in [-0.2, -0.15) is 0 Å². The molecule has 0 aliphatic heterocycles. The summed E-state index contributed by atoms with van der Waals surface area (Å²) < 4.78 is 1.61. The largest absolute Gasteiger partial charge is 0.0622 e. The van der Waals surface area contributed by atoms with Crippen LogP contribution in [0, 0.1) is 0 Å². The van der Waals surface area contributed by atoms with E-state index < -0.39 is 13.2 Å². The zero-order chi connectivity index (χ0) is 47.1. The van der Waals surface area contributed by atoms with Crippen molar-refractivity contribution < 1.29 is 9.59 Å². The summed E-state index contributed by atoms with van der Waals surface area (Å²) in [4.78, 5) is 22.9. The number of benzene rings is 8. The number of hydrogen-bond donors (Lipinski definition) is 2. The Hall–Kier alpha value is -3.94. The van der Waals surface area contributed by atoms with Crippen LogP contribution in [-0.2, 0) is 21.1 Å². The van der Waals surface area contributed by atoms with E-state index in [2.05, 4.69) is 238 Å². The van der Waals surface area contributed by atoms with Gasteiger partial charge in [-0.15, -0.1) is 0 Å². The number of alkyl halides is 1. The van der Waals surface area contributed by atoms with E-state index in [1.165, 1.54) is 45.7 Å². The molecule has 0 unspecified atom stereocenters. The fraction of sp³-hybridized carbons (Fsp3) is 0.0741. The Labute approximate surface area is 432 Å². The number of nitrogens with one attached hydrogen (secondary N) is 2. The molecule has 2 amide bonds. The predicted molar refractivity (Wildman–Crippen MR) is 302 cm³/mol. The van der Waals surface area contributed by atoms with Crippen LogP contribution in [0.2, 0.25) is 10.0 Å². The van der Waals surface area contributed by atoms with Gasteiger partial charge in [0.1, 0.15) is 0 Å². The van der Waals surface area contributed by atoms with E-state index in [1.54, 1.807) is 6.07 Å². The third kappa shape index (κ3) is 12.8. The minimum atomic E-state index is -3.21. The van der Waals surface area contributed by atoms with Crippen molar-refractivity contribution in [2.45, 2.75) is 25.3 Å². The molecule has 0 fully saturated rings. The second-order valence-corrected chi connectivity index (χ2v) is 29.3. The van der Waals surface area contributed by atoms with Gasteiger partial charge in [0.2, 0.25) is 5.91 Å². The Kier molecular flexibility index (Phi) is 19.0. The third-order valence-corrected chi connectivity index (χ3v) is 25.4. The first kappa shape index (κ1) is 51.5. The third-order valence-electron chi connectivity index (χ3n) is 10.5.